The molecule has 7 heteroatoms. The molecule has 4 rings (SSSR count). The molecule has 0 atom stereocenters. The standard InChI is InChI=1S/C32H38N2O5/c1-4-7-16-37-30-26(6-3)29(24-15-14-23-18-25(20-35)33-27(23)19-24)34-31(38-17-8-5-2)28(30)32(36)39-21-22-12-10-9-11-13-22/h9-15,18-19,33,35H,4-8,16-17,20-21H2,1-3H3. The minimum absolute atomic E-state index is 0.0624. The van der Waals surface area contributed by atoms with Crippen LogP contribution in [0.5, 0.6) is 11.6 Å². The summed E-state index contributed by atoms with van der Waals surface area (Å²) in [5, 5.41) is 10.6. The quantitative estimate of drug-likeness (QED) is 0.135. The lowest BCUT2D eigenvalue weighted by atomic mass is 9.99. The molecule has 0 spiro atoms. The maximum absolute atomic E-state index is 13.6. The predicted octanol–water partition coefficient (Wildman–Crippen LogP) is 7.00. The molecule has 0 bridgehead atoms. The van der Waals surface area contributed by atoms with E-state index in [1.165, 1.54) is 0 Å². The van der Waals surface area contributed by atoms with Crippen LogP contribution in [0.2, 0.25) is 0 Å². The first-order valence-electron chi connectivity index (χ1n) is 13.9. The summed E-state index contributed by atoms with van der Waals surface area (Å²) in [6.45, 7) is 7.19. The van der Waals surface area contributed by atoms with Gasteiger partial charge in [-0.3, -0.25) is 0 Å². The fourth-order valence-corrected chi connectivity index (χ4v) is 4.44. The SMILES string of the molecule is CCCCOc1nc(-c2ccc3cc(CO)[nH]c3c2)c(CC)c(OCCCC)c1C(=O)OCc1ccccc1. The number of aliphatic hydroxyl groups is 1. The number of carbonyl (C=O) groups excluding carboxylic acids is 1. The van der Waals surface area contributed by atoms with Crippen LogP contribution in [0.15, 0.2) is 54.6 Å². The second-order valence-electron chi connectivity index (χ2n) is 9.52. The van der Waals surface area contributed by atoms with Gasteiger partial charge in [0.2, 0.25) is 5.88 Å². The van der Waals surface area contributed by atoms with Crippen LogP contribution >= 0.6 is 0 Å². The Morgan fingerprint density at radius 3 is 2.38 bits per heavy atom. The van der Waals surface area contributed by atoms with Crippen LogP contribution in [0.3, 0.4) is 0 Å². The zero-order valence-corrected chi connectivity index (χ0v) is 23.1. The zero-order valence-electron chi connectivity index (χ0n) is 23.1. The Labute approximate surface area is 230 Å². The van der Waals surface area contributed by atoms with E-state index in [4.69, 9.17) is 19.2 Å². The summed E-state index contributed by atoms with van der Waals surface area (Å²) in [5.74, 6) is 0.184. The number of hydrogen-bond acceptors (Lipinski definition) is 6. The summed E-state index contributed by atoms with van der Waals surface area (Å²) < 4.78 is 18.2. The van der Waals surface area contributed by atoms with Gasteiger partial charge >= 0.3 is 5.97 Å². The van der Waals surface area contributed by atoms with Crippen molar-refractivity contribution in [1.82, 2.24) is 9.97 Å². The summed E-state index contributed by atoms with van der Waals surface area (Å²) in [5.41, 5.74) is 5.18. The van der Waals surface area contributed by atoms with Crippen LogP contribution in [-0.4, -0.2) is 34.3 Å². The molecule has 0 fully saturated rings. The van der Waals surface area contributed by atoms with Gasteiger partial charge in [-0.2, -0.15) is 0 Å². The van der Waals surface area contributed by atoms with Crippen LogP contribution in [0, 0.1) is 0 Å². The number of unbranched alkanes of at least 4 members (excludes halogenated alkanes) is 2. The first kappa shape index (κ1) is 28.2. The molecule has 2 aromatic heterocycles. The lowest BCUT2D eigenvalue weighted by Crippen LogP contribution is -2.16. The van der Waals surface area contributed by atoms with Gasteiger partial charge in [-0.05, 0) is 42.3 Å². The van der Waals surface area contributed by atoms with Gasteiger partial charge in [-0.25, -0.2) is 9.78 Å². The van der Waals surface area contributed by atoms with E-state index in [0.29, 0.717) is 31.1 Å². The highest BCUT2D eigenvalue weighted by Gasteiger charge is 2.28. The molecule has 0 aliphatic rings. The normalized spacial score (nSPS) is 11.1. The average molecular weight is 531 g/mol. The maximum Gasteiger partial charge on any atom is 0.347 e. The molecule has 2 N–H and O–H groups in total. The molecule has 4 aromatic rings. The fourth-order valence-electron chi connectivity index (χ4n) is 4.44. The number of hydrogen-bond donors (Lipinski definition) is 2. The molecule has 0 unspecified atom stereocenters. The molecule has 2 aromatic carbocycles. The Morgan fingerprint density at radius 2 is 1.69 bits per heavy atom. The molecular formula is C32H38N2O5. The van der Waals surface area contributed by atoms with Crippen LogP contribution in [-0.2, 0) is 24.4 Å². The minimum atomic E-state index is -0.516. The average Bonchev–Trinajstić information content (AvgIpc) is 3.39. The lowest BCUT2D eigenvalue weighted by Gasteiger charge is -2.21. The van der Waals surface area contributed by atoms with E-state index in [-0.39, 0.29) is 24.7 Å². The van der Waals surface area contributed by atoms with Gasteiger partial charge in [0.25, 0.3) is 0 Å². The van der Waals surface area contributed by atoms with E-state index in [0.717, 1.165) is 59.0 Å². The predicted molar refractivity (Wildman–Crippen MR) is 153 cm³/mol. The highest BCUT2D eigenvalue weighted by molar-refractivity contribution is 5.97. The first-order chi connectivity index (χ1) is 19.1. The largest absolute Gasteiger partial charge is 0.492 e. The second kappa shape index (κ2) is 13.8. The van der Waals surface area contributed by atoms with Crippen LogP contribution in [0.25, 0.3) is 22.2 Å². The first-order valence-corrected chi connectivity index (χ1v) is 13.9. The van der Waals surface area contributed by atoms with Crippen molar-refractivity contribution in [2.75, 3.05) is 13.2 Å². The molecule has 0 aliphatic heterocycles. The number of aromatic nitrogens is 2. The number of esters is 1. The number of aliphatic hydroxyl groups excluding tert-OH is 1. The molecule has 206 valence electrons. The number of nitrogens with zero attached hydrogens (tertiary/aromatic N) is 1. The molecule has 0 saturated carbocycles. The Kier molecular flexibility index (Phi) is 9.97. The molecule has 39 heavy (non-hydrogen) atoms. The highest BCUT2D eigenvalue weighted by Crippen LogP contribution is 2.39. The van der Waals surface area contributed by atoms with Crippen molar-refractivity contribution in [3.05, 3.63) is 77.0 Å². The molecule has 0 aliphatic carbocycles. The van der Waals surface area contributed by atoms with Crippen LogP contribution in [0.1, 0.15) is 73.6 Å². The lowest BCUT2D eigenvalue weighted by molar-refractivity contribution is 0.0461. The van der Waals surface area contributed by atoms with E-state index in [2.05, 4.69) is 18.8 Å². The van der Waals surface area contributed by atoms with Gasteiger partial charge in [0.15, 0.2) is 5.56 Å². The number of nitrogens with one attached hydrogen (secondary N) is 1. The Balaban J connectivity index is 1.83. The smallest absolute Gasteiger partial charge is 0.347 e. The fraction of sp³-hybridized carbons (Fsp3) is 0.375. The third kappa shape index (κ3) is 6.79. The molecule has 7 nitrogen and oxygen atoms in total. The zero-order chi connectivity index (χ0) is 27.6. The Hall–Kier alpha value is -3.84. The topological polar surface area (TPSA) is 93.7 Å². The van der Waals surface area contributed by atoms with E-state index >= 15 is 0 Å². The van der Waals surface area contributed by atoms with Crippen molar-refractivity contribution in [1.29, 1.82) is 0 Å². The summed E-state index contributed by atoms with van der Waals surface area (Å²) in [7, 11) is 0. The molecule has 0 amide bonds. The number of ether oxygens (including phenoxy) is 3. The van der Waals surface area contributed by atoms with Crippen molar-refractivity contribution in [3.63, 3.8) is 0 Å². The number of aromatic amines is 1. The maximum atomic E-state index is 13.6. The number of fused-ring (bicyclic) bond motifs is 1. The van der Waals surface area contributed by atoms with Crippen LogP contribution < -0.4 is 9.47 Å². The van der Waals surface area contributed by atoms with Crippen molar-refractivity contribution >= 4 is 16.9 Å². The molecule has 0 radical (unpaired) electrons. The van der Waals surface area contributed by atoms with E-state index in [1.54, 1.807) is 0 Å². The van der Waals surface area contributed by atoms with Gasteiger partial charge in [-0.15, -0.1) is 0 Å². The summed E-state index contributed by atoms with van der Waals surface area (Å²) in [6, 6.07) is 17.5. The molecule has 0 saturated heterocycles. The molecule has 2 heterocycles. The summed E-state index contributed by atoms with van der Waals surface area (Å²) in [4.78, 5) is 21.8. The van der Waals surface area contributed by atoms with Gasteiger partial charge in [-0.1, -0.05) is 76.1 Å². The monoisotopic (exact) mass is 530 g/mol. The Morgan fingerprint density at radius 1 is 0.949 bits per heavy atom. The Bertz CT molecular complexity index is 1380. The number of benzene rings is 2. The third-order valence-electron chi connectivity index (χ3n) is 6.59. The van der Waals surface area contributed by atoms with Crippen molar-refractivity contribution in [2.24, 2.45) is 0 Å². The highest BCUT2D eigenvalue weighted by atomic mass is 16.5. The number of carbonyl (C=O) groups is 1. The van der Waals surface area contributed by atoms with Gasteiger partial charge in [0, 0.05) is 22.3 Å². The minimum Gasteiger partial charge on any atom is -0.492 e. The second-order valence-corrected chi connectivity index (χ2v) is 9.52. The van der Waals surface area contributed by atoms with Gasteiger partial charge < -0.3 is 24.3 Å². The number of rotatable bonds is 14. The van der Waals surface area contributed by atoms with Gasteiger partial charge in [0.1, 0.15) is 12.4 Å². The van der Waals surface area contributed by atoms with Gasteiger partial charge in [0.05, 0.1) is 25.5 Å². The summed E-state index contributed by atoms with van der Waals surface area (Å²) in [6.07, 6.45) is 4.19. The summed E-state index contributed by atoms with van der Waals surface area (Å²) >= 11 is 0. The van der Waals surface area contributed by atoms with Crippen molar-refractivity contribution < 1.29 is 24.1 Å². The van der Waals surface area contributed by atoms with E-state index in [9.17, 15) is 9.90 Å². The third-order valence-corrected chi connectivity index (χ3v) is 6.59. The van der Waals surface area contributed by atoms with E-state index < -0.39 is 5.97 Å². The van der Waals surface area contributed by atoms with Crippen molar-refractivity contribution in [3.8, 4) is 22.9 Å². The number of H-pyrrole nitrogens is 1. The molecular weight excluding hydrogens is 492 g/mol. The number of pyridine rings is 1. The van der Waals surface area contributed by atoms with Crippen molar-refractivity contribution in [2.45, 2.75) is 66.1 Å². The van der Waals surface area contributed by atoms with E-state index in [1.807, 2.05) is 61.5 Å². The van der Waals surface area contributed by atoms with Crippen LogP contribution in [0.4, 0.5) is 0 Å².